The summed E-state index contributed by atoms with van der Waals surface area (Å²) in [4.78, 5) is 25.0. The second kappa shape index (κ2) is 6.35. The molecule has 0 aliphatic heterocycles. The Morgan fingerprint density at radius 3 is 2.48 bits per heavy atom. The smallest absolute Gasteiger partial charge is 0.307 e. The number of esters is 1. The van der Waals surface area contributed by atoms with Gasteiger partial charge in [0.15, 0.2) is 0 Å². The van der Waals surface area contributed by atoms with Gasteiger partial charge in [-0.15, -0.1) is 0 Å². The maximum atomic E-state index is 13.7. The van der Waals surface area contributed by atoms with Crippen LogP contribution in [0.25, 0.3) is 10.8 Å². The number of nitrogens with zero attached hydrogens (tertiary/aromatic N) is 1. The molecule has 0 aromatic heterocycles. The third-order valence-electron chi connectivity index (χ3n) is 3.33. The van der Waals surface area contributed by atoms with Crippen molar-refractivity contribution in [1.82, 2.24) is 4.90 Å². The Bertz CT molecular complexity index is 684. The number of fused-ring (bicyclic) bond motifs is 1. The Kier molecular flexibility index (Phi) is 4.52. The maximum absolute atomic E-state index is 13.7. The summed E-state index contributed by atoms with van der Waals surface area (Å²) < 4.78 is 18.3. The van der Waals surface area contributed by atoms with E-state index < -0.39 is 0 Å². The van der Waals surface area contributed by atoms with Gasteiger partial charge in [0.1, 0.15) is 5.82 Å². The van der Waals surface area contributed by atoms with E-state index in [1.165, 1.54) is 24.1 Å². The average molecular weight is 289 g/mol. The van der Waals surface area contributed by atoms with Gasteiger partial charge >= 0.3 is 5.97 Å². The standard InChI is InChI=1S/C16H16FNO3/c1-18(10-9-15(19)21-2)16(20)13-7-8-14(17)12-6-4-3-5-11(12)13/h3-8H,9-10H2,1-2H3. The highest BCUT2D eigenvalue weighted by molar-refractivity contribution is 6.07. The molecule has 0 N–H and O–H groups in total. The molecule has 0 saturated heterocycles. The number of halogens is 1. The lowest BCUT2D eigenvalue weighted by molar-refractivity contribution is -0.140. The summed E-state index contributed by atoms with van der Waals surface area (Å²) in [5, 5.41) is 0.970. The lowest BCUT2D eigenvalue weighted by atomic mass is 10.0. The summed E-state index contributed by atoms with van der Waals surface area (Å²) in [6, 6.07) is 9.57. The highest BCUT2D eigenvalue weighted by Crippen LogP contribution is 2.22. The zero-order valence-electron chi connectivity index (χ0n) is 11.9. The second-order valence-corrected chi connectivity index (χ2v) is 4.69. The van der Waals surface area contributed by atoms with E-state index in [0.717, 1.165) is 0 Å². The second-order valence-electron chi connectivity index (χ2n) is 4.69. The maximum Gasteiger partial charge on any atom is 0.307 e. The average Bonchev–Trinajstić information content (AvgIpc) is 2.52. The summed E-state index contributed by atoms with van der Waals surface area (Å²) in [7, 11) is 2.90. The molecule has 2 aromatic rings. The molecule has 0 aliphatic rings. The predicted molar refractivity (Wildman–Crippen MR) is 77.5 cm³/mol. The van der Waals surface area contributed by atoms with Crippen LogP contribution in [-0.4, -0.2) is 37.5 Å². The number of hydrogen-bond acceptors (Lipinski definition) is 3. The van der Waals surface area contributed by atoms with E-state index in [1.54, 1.807) is 31.3 Å². The van der Waals surface area contributed by atoms with Crippen LogP contribution in [0.5, 0.6) is 0 Å². The van der Waals surface area contributed by atoms with Gasteiger partial charge < -0.3 is 9.64 Å². The molecule has 2 aromatic carbocycles. The summed E-state index contributed by atoms with van der Waals surface area (Å²) in [6.07, 6.45) is 0.123. The Balaban J connectivity index is 2.27. The van der Waals surface area contributed by atoms with Crippen molar-refractivity contribution in [3.05, 3.63) is 47.8 Å². The van der Waals surface area contributed by atoms with Gasteiger partial charge in [0.2, 0.25) is 0 Å². The largest absolute Gasteiger partial charge is 0.469 e. The van der Waals surface area contributed by atoms with E-state index in [2.05, 4.69) is 4.74 Å². The molecule has 0 unspecified atom stereocenters. The third kappa shape index (κ3) is 3.18. The first-order chi connectivity index (χ1) is 10.0. The molecule has 1 amide bonds. The number of rotatable bonds is 4. The van der Waals surface area contributed by atoms with Crippen molar-refractivity contribution in [3.63, 3.8) is 0 Å². The van der Waals surface area contributed by atoms with Gasteiger partial charge in [0, 0.05) is 24.5 Å². The number of carbonyl (C=O) groups is 2. The number of benzene rings is 2. The van der Waals surface area contributed by atoms with E-state index in [4.69, 9.17) is 0 Å². The van der Waals surface area contributed by atoms with Crippen molar-refractivity contribution >= 4 is 22.6 Å². The van der Waals surface area contributed by atoms with Crippen LogP contribution in [0.2, 0.25) is 0 Å². The molecule has 0 heterocycles. The number of hydrogen-bond donors (Lipinski definition) is 0. The Morgan fingerprint density at radius 1 is 1.14 bits per heavy atom. The van der Waals surface area contributed by atoms with Crippen LogP contribution in [-0.2, 0) is 9.53 Å². The van der Waals surface area contributed by atoms with E-state index in [9.17, 15) is 14.0 Å². The first kappa shape index (κ1) is 15.0. The molecule has 0 aliphatic carbocycles. The van der Waals surface area contributed by atoms with Crippen LogP contribution < -0.4 is 0 Å². The summed E-state index contributed by atoms with van der Waals surface area (Å²) in [6.45, 7) is 0.247. The molecular formula is C16H16FNO3. The zero-order chi connectivity index (χ0) is 15.4. The van der Waals surface area contributed by atoms with Crippen molar-refractivity contribution in [2.24, 2.45) is 0 Å². The third-order valence-corrected chi connectivity index (χ3v) is 3.33. The lowest BCUT2D eigenvalue weighted by Crippen LogP contribution is -2.29. The zero-order valence-corrected chi connectivity index (χ0v) is 11.9. The molecule has 0 spiro atoms. The van der Waals surface area contributed by atoms with Crippen molar-refractivity contribution in [2.75, 3.05) is 20.7 Å². The summed E-state index contributed by atoms with van der Waals surface area (Å²) in [5.41, 5.74) is 0.416. The van der Waals surface area contributed by atoms with Gasteiger partial charge in [-0.1, -0.05) is 24.3 Å². The molecular weight excluding hydrogens is 273 g/mol. The quantitative estimate of drug-likeness (QED) is 0.813. The van der Waals surface area contributed by atoms with Crippen LogP contribution >= 0.6 is 0 Å². The van der Waals surface area contributed by atoms with Crippen molar-refractivity contribution in [1.29, 1.82) is 0 Å². The van der Waals surface area contributed by atoms with Crippen LogP contribution in [0, 0.1) is 5.82 Å². The first-order valence-electron chi connectivity index (χ1n) is 6.54. The highest BCUT2D eigenvalue weighted by atomic mass is 19.1. The number of ether oxygens (including phenoxy) is 1. The SMILES string of the molecule is COC(=O)CCN(C)C(=O)c1ccc(F)c2ccccc12. The molecule has 0 fully saturated rings. The van der Waals surface area contributed by atoms with E-state index in [0.29, 0.717) is 16.3 Å². The fourth-order valence-corrected chi connectivity index (χ4v) is 2.12. The Morgan fingerprint density at radius 2 is 1.81 bits per heavy atom. The van der Waals surface area contributed by atoms with Crippen molar-refractivity contribution < 1.29 is 18.7 Å². The summed E-state index contributed by atoms with van der Waals surface area (Å²) in [5.74, 6) is -0.993. The van der Waals surface area contributed by atoms with Gasteiger partial charge in [-0.3, -0.25) is 9.59 Å². The molecule has 0 atom stereocenters. The predicted octanol–water partition coefficient (Wildman–Crippen LogP) is 2.61. The fraction of sp³-hybridized carbons (Fsp3) is 0.250. The molecule has 2 rings (SSSR count). The van der Waals surface area contributed by atoms with Crippen LogP contribution in [0.1, 0.15) is 16.8 Å². The highest BCUT2D eigenvalue weighted by Gasteiger charge is 2.17. The van der Waals surface area contributed by atoms with E-state index >= 15 is 0 Å². The molecule has 5 heteroatoms. The monoisotopic (exact) mass is 289 g/mol. The lowest BCUT2D eigenvalue weighted by Gasteiger charge is -2.17. The van der Waals surface area contributed by atoms with Gasteiger partial charge in [-0.05, 0) is 17.5 Å². The minimum absolute atomic E-state index is 0.123. The fourth-order valence-electron chi connectivity index (χ4n) is 2.12. The topological polar surface area (TPSA) is 46.6 Å². The van der Waals surface area contributed by atoms with Crippen molar-refractivity contribution in [2.45, 2.75) is 6.42 Å². The van der Waals surface area contributed by atoms with Crippen molar-refractivity contribution in [3.8, 4) is 0 Å². The Hall–Kier alpha value is -2.43. The van der Waals surface area contributed by atoms with Crippen LogP contribution in [0.3, 0.4) is 0 Å². The molecule has 4 nitrogen and oxygen atoms in total. The van der Waals surface area contributed by atoms with Gasteiger partial charge in [0.25, 0.3) is 5.91 Å². The minimum Gasteiger partial charge on any atom is -0.469 e. The number of methoxy groups -OCH3 is 1. The first-order valence-corrected chi connectivity index (χ1v) is 6.54. The van der Waals surface area contributed by atoms with E-state index in [-0.39, 0.29) is 30.7 Å². The molecule has 0 saturated carbocycles. The number of carbonyl (C=O) groups excluding carboxylic acids is 2. The molecule has 110 valence electrons. The minimum atomic E-state index is -0.376. The van der Waals surface area contributed by atoms with Gasteiger partial charge in [0.05, 0.1) is 13.5 Å². The summed E-state index contributed by atoms with van der Waals surface area (Å²) >= 11 is 0. The van der Waals surface area contributed by atoms with Crippen LogP contribution in [0.4, 0.5) is 4.39 Å². The Labute approximate surface area is 122 Å². The normalized spacial score (nSPS) is 10.4. The van der Waals surface area contributed by atoms with Gasteiger partial charge in [-0.25, -0.2) is 4.39 Å². The van der Waals surface area contributed by atoms with Crippen LogP contribution in [0.15, 0.2) is 36.4 Å². The van der Waals surface area contributed by atoms with Gasteiger partial charge in [-0.2, -0.15) is 0 Å². The molecule has 21 heavy (non-hydrogen) atoms. The number of amides is 1. The van der Waals surface area contributed by atoms with E-state index in [1.807, 2.05) is 0 Å². The molecule has 0 radical (unpaired) electrons. The molecule has 0 bridgehead atoms.